The number of nitrogens with zero attached hydrogens (tertiary/aromatic N) is 2. The van der Waals surface area contributed by atoms with E-state index in [-0.39, 0.29) is 5.91 Å². The molecule has 0 saturated heterocycles. The van der Waals surface area contributed by atoms with Gasteiger partial charge in [0.05, 0.1) is 12.2 Å². The van der Waals surface area contributed by atoms with Crippen LogP contribution in [0.2, 0.25) is 0 Å². The van der Waals surface area contributed by atoms with Crippen molar-refractivity contribution in [2.24, 2.45) is 0 Å². The molecule has 0 unspecified atom stereocenters. The van der Waals surface area contributed by atoms with Crippen LogP contribution in [-0.2, 0) is 4.74 Å². The van der Waals surface area contributed by atoms with Gasteiger partial charge in [-0.3, -0.25) is 4.79 Å². The van der Waals surface area contributed by atoms with Crippen molar-refractivity contribution in [3.05, 3.63) is 47.8 Å². The highest BCUT2D eigenvalue weighted by Gasteiger charge is 2.06. The fourth-order valence-corrected chi connectivity index (χ4v) is 1.64. The van der Waals surface area contributed by atoms with Gasteiger partial charge in [0.2, 0.25) is 5.95 Å². The molecule has 1 aromatic heterocycles. The molecule has 1 amide bonds. The molecule has 0 aliphatic rings. The molecule has 0 spiro atoms. The lowest BCUT2D eigenvalue weighted by atomic mass is 10.2. The first-order valence-electron chi connectivity index (χ1n) is 6.62. The third-order valence-electron chi connectivity index (χ3n) is 2.81. The van der Waals surface area contributed by atoms with Gasteiger partial charge in [0.25, 0.3) is 5.91 Å². The minimum Gasteiger partial charge on any atom is -0.383 e. The van der Waals surface area contributed by atoms with Gasteiger partial charge in [0, 0.05) is 31.7 Å². The molecule has 0 aliphatic heterocycles. The maximum atomic E-state index is 11.8. The summed E-state index contributed by atoms with van der Waals surface area (Å²) < 4.78 is 4.87. The molecular formula is C15H18N4O2. The molecule has 0 fully saturated rings. The summed E-state index contributed by atoms with van der Waals surface area (Å²) in [7, 11) is 1.58. The average molecular weight is 286 g/mol. The van der Waals surface area contributed by atoms with Gasteiger partial charge in [0.1, 0.15) is 0 Å². The number of carbonyl (C=O) groups is 1. The van der Waals surface area contributed by atoms with Crippen molar-refractivity contribution in [3.8, 4) is 0 Å². The van der Waals surface area contributed by atoms with Gasteiger partial charge >= 0.3 is 0 Å². The summed E-state index contributed by atoms with van der Waals surface area (Å²) in [5.74, 6) is 0.237. The van der Waals surface area contributed by atoms with E-state index in [0.29, 0.717) is 24.7 Å². The molecule has 0 bridgehead atoms. The molecule has 1 aromatic carbocycles. The van der Waals surface area contributed by atoms with Gasteiger partial charge in [-0.05, 0) is 19.1 Å². The van der Waals surface area contributed by atoms with Gasteiger partial charge in [-0.2, -0.15) is 0 Å². The Morgan fingerprint density at radius 3 is 2.48 bits per heavy atom. The molecule has 0 aliphatic carbocycles. The van der Waals surface area contributed by atoms with E-state index in [1.807, 2.05) is 31.2 Å². The minimum atomic E-state index is -0.214. The van der Waals surface area contributed by atoms with Crippen molar-refractivity contribution in [2.45, 2.75) is 6.92 Å². The van der Waals surface area contributed by atoms with Crippen LogP contribution in [0.5, 0.6) is 0 Å². The van der Waals surface area contributed by atoms with Gasteiger partial charge in [0.15, 0.2) is 0 Å². The predicted molar refractivity (Wildman–Crippen MR) is 80.7 cm³/mol. The maximum Gasteiger partial charge on any atom is 0.254 e. The van der Waals surface area contributed by atoms with Crippen molar-refractivity contribution in [3.63, 3.8) is 0 Å². The maximum absolute atomic E-state index is 11.8. The summed E-state index contributed by atoms with van der Waals surface area (Å²) in [6, 6.07) is 7.90. The molecule has 21 heavy (non-hydrogen) atoms. The number of rotatable bonds is 6. The Bertz CT molecular complexity index is 582. The SMILES string of the molecule is COCCNC(=O)c1cnc(Nc2ccc(C)cc2)nc1. The van der Waals surface area contributed by atoms with Gasteiger partial charge in [-0.15, -0.1) is 0 Å². The third-order valence-corrected chi connectivity index (χ3v) is 2.81. The van der Waals surface area contributed by atoms with E-state index in [4.69, 9.17) is 4.74 Å². The number of carbonyl (C=O) groups excluding carboxylic acids is 1. The average Bonchev–Trinajstić information content (AvgIpc) is 2.50. The molecule has 0 radical (unpaired) electrons. The second-order valence-corrected chi connectivity index (χ2v) is 4.54. The molecule has 2 N–H and O–H groups in total. The highest BCUT2D eigenvalue weighted by atomic mass is 16.5. The molecular weight excluding hydrogens is 268 g/mol. The van der Waals surface area contributed by atoms with Crippen LogP contribution in [0, 0.1) is 6.92 Å². The van der Waals surface area contributed by atoms with Crippen LogP contribution in [0.15, 0.2) is 36.7 Å². The molecule has 0 saturated carbocycles. The number of aromatic nitrogens is 2. The third kappa shape index (κ3) is 4.54. The van der Waals surface area contributed by atoms with Crippen molar-refractivity contribution >= 4 is 17.5 Å². The van der Waals surface area contributed by atoms with E-state index in [1.54, 1.807) is 7.11 Å². The summed E-state index contributed by atoms with van der Waals surface area (Å²) in [6.45, 7) is 2.95. The van der Waals surface area contributed by atoms with Crippen LogP contribution in [0.3, 0.4) is 0 Å². The zero-order valence-corrected chi connectivity index (χ0v) is 12.1. The second kappa shape index (κ2) is 7.35. The largest absolute Gasteiger partial charge is 0.383 e. The van der Waals surface area contributed by atoms with Crippen LogP contribution in [0.25, 0.3) is 0 Å². The van der Waals surface area contributed by atoms with E-state index < -0.39 is 0 Å². The van der Waals surface area contributed by atoms with Crippen molar-refractivity contribution in [1.82, 2.24) is 15.3 Å². The summed E-state index contributed by atoms with van der Waals surface area (Å²) >= 11 is 0. The normalized spacial score (nSPS) is 10.2. The topological polar surface area (TPSA) is 76.1 Å². The van der Waals surface area contributed by atoms with E-state index >= 15 is 0 Å². The van der Waals surface area contributed by atoms with Crippen LogP contribution < -0.4 is 10.6 Å². The van der Waals surface area contributed by atoms with Crippen LogP contribution in [0.1, 0.15) is 15.9 Å². The van der Waals surface area contributed by atoms with E-state index in [1.165, 1.54) is 18.0 Å². The molecule has 6 nitrogen and oxygen atoms in total. The number of aryl methyl sites for hydroxylation is 1. The van der Waals surface area contributed by atoms with Crippen molar-refractivity contribution < 1.29 is 9.53 Å². The van der Waals surface area contributed by atoms with E-state index in [9.17, 15) is 4.79 Å². The second-order valence-electron chi connectivity index (χ2n) is 4.54. The van der Waals surface area contributed by atoms with Gasteiger partial charge in [-0.25, -0.2) is 9.97 Å². The molecule has 110 valence electrons. The number of nitrogens with one attached hydrogen (secondary N) is 2. The van der Waals surface area contributed by atoms with Crippen LogP contribution in [-0.4, -0.2) is 36.1 Å². The first kappa shape index (κ1) is 14.9. The van der Waals surface area contributed by atoms with E-state index in [2.05, 4.69) is 20.6 Å². The molecule has 1 heterocycles. The Morgan fingerprint density at radius 2 is 1.86 bits per heavy atom. The first-order chi connectivity index (χ1) is 10.2. The van der Waals surface area contributed by atoms with Crippen LogP contribution in [0.4, 0.5) is 11.6 Å². The Kier molecular flexibility index (Phi) is 5.22. The van der Waals surface area contributed by atoms with Gasteiger partial charge < -0.3 is 15.4 Å². The number of amides is 1. The predicted octanol–water partition coefficient (Wildman–Crippen LogP) is 1.90. The molecule has 0 atom stereocenters. The lowest BCUT2D eigenvalue weighted by molar-refractivity contribution is 0.0936. The van der Waals surface area contributed by atoms with Crippen LogP contribution >= 0.6 is 0 Å². The summed E-state index contributed by atoms with van der Waals surface area (Å²) in [5, 5.41) is 5.79. The fourth-order valence-electron chi connectivity index (χ4n) is 1.64. The molecule has 2 rings (SSSR count). The van der Waals surface area contributed by atoms with Crippen molar-refractivity contribution in [2.75, 3.05) is 25.6 Å². The Hall–Kier alpha value is -2.47. The minimum absolute atomic E-state index is 0.214. The highest BCUT2D eigenvalue weighted by molar-refractivity contribution is 5.93. The number of benzene rings is 1. The first-order valence-corrected chi connectivity index (χ1v) is 6.62. The number of hydrogen-bond donors (Lipinski definition) is 2. The lowest BCUT2D eigenvalue weighted by Crippen LogP contribution is -2.27. The zero-order valence-electron chi connectivity index (χ0n) is 12.1. The summed E-state index contributed by atoms with van der Waals surface area (Å²) in [5.41, 5.74) is 2.50. The van der Waals surface area contributed by atoms with Crippen molar-refractivity contribution in [1.29, 1.82) is 0 Å². The highest BCUT2D eigenvalue weighted by Crippen LogP contribution is 2.13. The Balaban J connectivity index is 1.95. The molecule has 6 heteroatoms. The number of methoxy groups -OCH3 is 1. The van der Waals surface area contributed by atoms with Gasteiger partial charge in [-0.1, -0.05) is 17.7 Å². The number of hydrogen-bond acceptors (Lipinski definition) is 5. The lowest BCUT2D eigenvalue weighted by Gasteiger charge is -2.06. The fraction of sp³-hybridized carbons (Fsp3) is 0.267. The quantitative estimate of drug-likeness (QED) is 0.793. The monoisotopic (exact) mass is 286 g/mol. The Labute approximate surface area is 123 Å². The Morgan fingerprint density at radius 1 is 1.19 bits per heavy atom. The number of ether oxygens (including phenoxy) is 1. The summed E-state index contributed by atoms with van der Waals surface area (Å²) in [4.78, 5) is 20.0. The van der Waals surface area contributed by atoms with E-state index in [0.717, 1.165) is 5.69 Å². The zero-order chi connectivity index (χ0) is 15.1. The summed E-state index contributed by atoms with van der Waals surface area (Å²) in [6.07, 6.45) is 2.98. The standard InChI is InChI=1S/C15H18N4O2/c1-11-3-5-13(6-4-11)19-15-17-9-12(10-18-15)14(20)16-7-8-21-2/h3-6,9-10H,7-8H2,1-2H3,(H,16,20)(H,17,18,19). The number of anilines is 2. The smallest absolute Gasteiger partial charge is 0.254 e. The molecule has 2 aromatic rings.